The molecule has 0 amide bonds. The lowest BCUT2D eigenvalue weighted by molar-refractivity contribution is 1.24. The van der Waals surface area contributed by atoms with Crippen molar-refractivity contribution in [2.24, 2.45) is 0 Å². The fourth-order valence-corrected chi connectivity index (χ4v) is 8.90. The molecule has 4 heteroatoms. The highest BCUT2D eigenvalue weighted by molar-refractivity contribution is 7.26. The van der Waals surface area contributed by atoms with Gasteiger partial charge in [0, 0.05) is 35.8 Å². The van der Waals surface area contributed by atoms with Gasteiger partial charge in [0.2, 0.25) is 0 Å². The van der Waals surface area contributed by atoms with Crippen LogP contribution in [0, 0.1) is 0 Å². The number of benzene rings is 9. The van der Waals surface area contributed by atoms with Gasteiger partial charge in [0.05, 0.1) is 52.9 Å². The van der Waals surface area contributed by atoms with Crippen molar-refractivity contribution in [1.82, 2.24) is 9.97 Å². The highest BCUT2D eigenvalue weighted by Crippen LogP contribution is 2.43. The van der Waals surface area contributed by atoms with Crippen molar-refractivity contribution in [3.8, 4) is 55.8 Å². The van der Waals surface area contributed by atoms with Crippen molar-refractivity contribution in [2.45, 2.75) is 0 Å². The Morgan fingerprint density at radius 1 is 0.397 bits per heavy atom. The zero-order valence-corrected chi connectivity index (χ0v) is 30.7. The van der Waals surface area contributed by atoms with Crippen LogP contribution in [-0.2, 0) is 0 Å². The van der Waals surface area contributed by atoms with E-state index in [1.165, 1.54) is 12.1 Å². The predicted molar refractivity (Wildman–Crippen MR) is 250 cm³/mol. The summed E-state index contributed by atoms with van der Waals surface area (Å²) in [7, 11) is 0. The number of fused-ring (bicyclic) bond motifs is 8. The van der Waals surface area contributed by atoms with Crippen LogP contribution in [0.15, 0.2) is 194 Å². The topological polar surface area (TPSA) is 25.8 Å². The molecule has 0 bridgehead atoms. The summed E-state index contributed by atoms with van der Waals surface area (Å²) in [6.45, 7) is 0. The lowest BCUT2D eigenvalue weighted by atomic mass is 9.96. The maximum atomic E-state index is 9.69. The Labute approximate surface area is 380 Å². The molecule has 2 nitrogen and oxygen atoms in total. The molecule has 12 aromatic rings. The van der Waals surface area contributed by atoms with Crippen LogP contribution in [0.2, 0.25) is 0 Å². The maximum Gasteiger partial charge on any atom is 0.116 e. The molecule has 0 saturated heterocycles. The fourth-order valence-electron chi connectivity index (χ4n) is 6.70. The second-order valence-electron chi connectivity index (χ2n) is 12.8. The second-order valence-corrected chi connectivity index (χ2v) is 14.9. The van der Waals surface area contributed by atoms with Crippen LogP contribution in [0.3, 0.4) is 0 Å². The molecule has 270 valence electrons. The normalized spacial score (nSPS) is 18.3. The summed E-state index contributed by atoms with van der Waals surface area (Å²) in [5.74, 6) is 0. The molecule has 0 spiro atoms. The summed E-state index contributed by atoms with van der Waals surface area (Å²) in [6, 6.07) is -12.4. The first-order valence-corrected chi connectivity index (χ1v) is 19.0. The molecular weight excluding hydrogens is 741 g/mol. The molecule has 0 N–H and O–H groups in total. The maximum absolute atomic E-state index is 9.69. The van der Waals surface area contributed by atoms with Gasteiger partial charge in [0.15, 0.2) is 0 Å². The average molecular weight is 800 g/mol. The number of rotatable bonds is 5. The minimum Gasteiger partial charge on any atom is -0.235 e. The standard InChI is InChI=1S/C54H32N2S2/c1-2-9-34-26-37(19-18-33(34)8-1)38-20-21-40-28-41(23-22-39(40)27-38)42-24-25-50-48(31-42)52-54(58-50)51(55-32-56-52)44-13-6-11-36(30-44)35-10-5-12-43(29-35)45-15-7-16-47-46-14-3-4-17-49(46)57-53(45)47/h1-32H/i1D,2D,3D,4D,6D,7D,8D,9D,10D,11D,12D,13D,14D,15D,16D,17D,18D,19D,20D,21D,22D,23D,26D,27D,28D,29D,30D. The van der Waals surface area contributed by atoms with E-state index in [1.807, 2.05) is 0 Å². The number of nitrogens with zero attached hydrogens (tertiary/aromatic N) is 2. The van der Waals surface area contributed by atoms with Crippen molar-refractivity contribution >= 4 is 84.7 Å². The minimum atomic E-state index is -0.800. The van der Waals surface area contributed by atoms with Gasteiger partial charge in [-0.2, -0.15) is 0 Å². The Balaban J connectivity index is 1.03. The fraction of sp³-hybridized carbons (Fsp3) is 0. The number of hydrogen-bond acceptors (Lipinski definition) is 4. The van der Waals surface area contributed by atoms with E-state index in [0.29, 0.717) is 10.1 Å². The van der Waals surface area contributed by atoms with Crippen molar-refractivity contribution in [3.63, 3.8) is 0 Å². The third-order valence-electron chi connectivity index (χ3n) is 9.40. The Morgan fingerprint density at radius 2 is 1.02 bits per heavy atom. The van der Waals surface area contributed by atoms with E-state index in [4.69, 9.17) is 26.0 Å². The van der Waals surface area contributed by atoms with Crippen LogP contribution >= 0.6 is 22.7 Å². The van der Waals surface area contributed by atoms with Gasteiger partial charge in [-0.15, -0.1) is 22.7 Å². The first kappa shape index (κ1) is 16.1. The van der Waals surface area contributed by atoms with Crippen LogP contribution in [0.1, 0.15) is 37.0 Å². The number of hydrogen-bond donors (Lipinski definition) is 0. The molecule has 0 aliphatic heterocycles. The van der Waals surface area contributed by atoms with Gasteiger partial charge in [0.25, 0.3) is 0 Å². The first-order valence-electron chi connectivity index (χ1n) is 30.8. The van der Waals surface area contributed by atoms with Gasteiger partial charge in [-0.1, -0.05) is 139 Å². The van der Waals surface area contributed by atoms with Crippen molar-refractivity contribution in [2.75, 3.05) is 0 Å². The van der Waals surface area contributed by atoms with Gasteiger partial charge >= 0.3 is 0 Å². The molecule has 0 aliphatic carbocycles. The first-order chi connectivity index (χ1) is 40.0. The van der Waals surface area contributed by atoms with Crippen molar-refractivity contribution in [1.29, 1.82) is 0 Å². The van der Waals surface area contributed by atoms with Gasteiger partial charge in [0.1, 0.15) is 6.33 Å². The molecule has 3 aromatic heterocycles. The molecule has 0 atom stereocenters. The zero-order valence-electron chi connectivity index (χ0n) is 56.1. The molecule has 0 fully saturated rings. The molecule has 12 rings (SSSR count). The SMILES string of the molecule is [2H]c1cc([2H])c(-c2c([2H])c([2H])c([2H])c3c2sc2c([2H])c([2H])c([2H])c([2H])c23)c([2H])c1-c1c([2H])c([2H])c([2H])c(-c2ncnc3c2sc2ccc(-c4c([2H])c([2H])c5c([2H])c(-c6c([2H])c([2H])c7c([2H])c([2H])c([2H])c([2H])c7c6[2H])c([2H])c([2H])c5c4[2H])cc23)c1[2H]. The molecule has 0 aliphatic rings. The lowest BCUT2D eigenvalue weighted by Crippen LogP contribution is -1.88. The number of aromatic nitrogens is 2. The van der Waals surface area contributed by atoms with E-state index in [1.54, 1.807) is 6.07 Å². The van der Waals surface area contributed by atoms with Crippen LogP contribution in [0.25, 0.3) is 118 Å². The second kappa shape index (κ2) is 13.3. The number of thiophene rings is 2. The summed E-state index contributed by atoms with van der Waals surface area (Å²) in [5.41, 5.74) is -3.23. The van der Waals surface area contributed by atoms with Gasteiger partial charge in [-0.05, 0) is 114 Å². The van der Waals surface area contributed by atoms with Gasteiger partial charge < -0.3 is 0 Å². The highest BCUT2D eigenvalue weighted by atomic mass is 32.1. The Bertz CT molecular complexity index is 5170. The van der Waals surface area contributed by atoms with Crippen LogP contribution in [0.5, 0.6) is 0 Å². The van der Waals surface area contributed by atoms with E-state index in [0.717, 1.165) is 35.1 Å². The molecule has 9 aromatic carbocycles. The third-order valence-corrected chi connectivity index (χ3v) is 11.7. The van der Waals surface area contributed by atoms with Crippen LogP contribution < -0.4 is 0 Å². The average Bonchev–Trinajstić information content (AvgIpc) is 1.81. The predicted octanol–water partition coefficient (Wildman–Crippen LogP) is 15.9. The highest BCUT2D eigenvalue weighted by Gasteiger charge is 2.16. The molecule has 3 heterocycles. The zero-order chi connectivity index (χ0) is 61.7. The summed E-state index contributed by atoms with van der Waals surface area (Å²) in [4.78, 5) is 8.96. The Hall–Kier alpha value is -6.98. The van der Waals surface area contributed by atoms with Crippen molar-refractivity contribution in [3.05, 3.63) is 194 Å². The van der Waals surface area contributed by atoms with Gasteiger partial charge in [-0.3, -0.25) is 0 Å². The monoisotopic (exact) mass is 799 g/mol. The van der Waals surface area contributed by atoms with E-state index in [-0.39, 0.29) is 58.3 Å². The molecule has 0 radical (unpaired) electrons. The minimum absolute atomic E-state index is 0.0193. The largest absolute Gasteiger partial charge is 0.235 e. The van der Waals surface area contributed by atoms with Crippen molar-refractivity contribution < 1.29 is 37.0 Å². The Kier molecular flexibility index (Phi) is 3.70. The van der Waals surface area contributed by atoms with E-state index >= 15 is 0 Å². The molecular formula is C54H32N2S2. The van der Waals surface area contributed by atoms with Crippen LogP contribution in [0.4, 0.5) is 0 Å². The molecule has 0 unspecified atom stereocenters. The van der Waals surface area contributed by atoms with E-state index in [2.05, 4.69) is 9.97 Å². The summed E-state index contributed by atoms with van der Waals surface area (Å²) >= 11 is 1.82. The molecule has 58 heavy (non-hydrogen) atoms. The molecule has 0 saturated carbocycles. The van der Waals surface area contributed by atoms with Crippen LogP contribution in [-0.4, -0.2) is 9.97 Å². The smallest absolute Gasteiger partial charge is 0.116 e. The summed E-state index contributed by atoms with van der Waals surface area (Å²) in [6.07, 6.45) is 1.10. The third kappa shape index (κ3) is 5.53. The summed E-state index contributed by atoms with van der Waals surface area (Å²) < 4.78 is 242. The van der Waals surface area contributed by atoms with E-state index < -0.39 is 213 Å². The summed E-state index contributed by atoms with van der Waals surface area (Å²) in [5, 5.41) is -1.70. The van der Waals surface area contributed by atoms with E-state index in [9.17, 15) is 11.0 Å². The van der Waals surface area contributed by atoms with Gasteiger partial charge in [-0.25, -0.2) is 9.97 Å². The Morgan fingerprint density at radius 3 is 1.88 bits per heavy atom. The quantitative estimate of drug-likeness (QED) is 0.173. The lowest BCUT2D eigenvalue weighted by Gasteiger charge is -2.09.